The highest BCUT2D eigenvalue weighted by molar-refractivity contribution is 7.89. The van der Waals surface area contributed by atoms with E-state index in [0.29, 0.717) is 0 Å². The van der Waals surface area contributed by atoms with Crippen LogP contribution in [0.1, 0.15) is 32.1 Å². The van der Waals surface area contributed by atoms with Gasteiger partial charge in [0.2, 0.25) is 21.8 Å². The van der Waals surface area contributed by atoms with Crippen LogP contribution in [0, 0.1) is 0 Å². The van der Waals surface area contributed by atoms with E-state index >= 15 is 0 Å². The Morgan fingerprint density at radius 2 is 1.86 bits per heavy atom. The fourth-order valence-electron chi connectivity index (χ4n) is 2.90. The van der Waals surface area contributed by atoms with Crippen molar-refractivity contribution < 1.29 is 18.0 Å². The number of nitrogens with zero attached hydrogens (tertiary/aromatic N) is 2. The van der Waals surface area contributed by atoms with Gasteiger partial charge in [-0.15, -0.1) is 0 Å². The van der Waals surface area contributed by atoms with Gasteiger partial charge >= 0.3 is 0 Å². The van der Waals surface area contributed by atoms with Gasteiger partial charge in [-0.25, -0.2) is 12.7 Å². The zero-order valence-corrected chi connectivity index (χ0v) is 13.4. The molecule has 2 amide bonds. The minimum Gasteiger partial charge on any atom is -0.304 e. The Labute approximate surface area is 125 Å². The van der Waals surface area contributed by atoms with E-state index in [0.717, 1.165) is 30.0 Å². The highest BCUT2D eigenvalue weighted by Crippen LogP contribution is 2.28. The van der Waals surface area contributed by atoms with Crippen molar-refractivity contribution in [3.05, 3.63) is 0 Å². The quantitative estimate of drug-likeness (QED) is 0.670. The smallest absolute Gasteiger partial charge is 0.247 e. The first kappa shape index (κ1) is 16.4. The molecule has 0 spiro atoms. The van der Waals surface area contributed by atoms with E-state index in [1.807, 2.05) is 0 Å². The van der Waals surface area contributed by atoms with Crippen LogP contribution in [0.15, 0.2) is 0 Å². The van der Waals surface area contributed by atoms with Gasteiger partial charge in [-0.2, -0.15) is 0 Å². The number of sulfonamides is 1. The zero-order valence-electron chi connectivity index (χ0n) is 12.5. The van der Waals surface area contributed by atoms with Gasteiger partial charge in [-0.1, -0.05) is 12.8 Å². The number of carbonyl (C=O) groups excluding carboxylic acids is 2. The molecule has 8 heteroatoms. The zero-order chi connectivity index (χ0) is 15.6. The summed E-state index contributed by atoms with van der Waals surface area (Å²) in [6.45, 7) is 0.169. The molecule has 2 fully saturated rings. The minimum absolute atomic E-state index is 0.0438. The van der Waals surface area contributed by atoms with Gasteiger partial charge in [0.05, 0.1) is 18.2 Å². The molecule has 0 aromatic carbocycles. The van der Waals surface area contributed by atoms with Gasteiger partial charge in [-0.05, 0) is 12.8 Å². The largest absolute Gasteiger partial charge is 0.304 e. The summed E-state index contributed by atoms with van der Waals surface area (Å²) >= 11 is 0. The topological polar surface area (TPSA) is 86.8 Å². The monoisotopic (exact) mass is 317 g/mol. The lowest BCUT2D eigenvalue weighted by molar-refractivity contribution is -0.141. The predicted octanol–water partition coefficient (Wildman–Crippen LogP) is -0.462. The van der Waals surface area contributed by atoms with Crippen molar-refractivity contribution in [2.45, 2.75) is 44.2 Å². The summed E-state index contributed by atoms with van der Waals surface area (Å²) < 4.78 is 24.4. The predicted molar refractivity (Wildman–Crippen MR) is 78.0 cm³/mol. The molecule has 0 bridgehead atoms. The third-order valence-electron chi connectivity index (χ3n) is 4.18. The van der Waals surface area contributed by atoms with Crippen molar-refractivity contribution in [3.63, 3.8) is 0 Å². The Hall–Kier alpha value is -0.990. The molecule has 1 unspecified atom stereocenters. The molecule has 0 aromatic rings. The fraction of sp³-hybridized carbons (Fsp3) is 0.846. The molecule has 7 nitrogen and oxygen atoms in total. The number of likely N-dealkylation sites (tertiary alicyclic amines) is 1. The van der Waals surface area contributed by atoms with Gasteiger partial charge in [0.1, 0.15) is 0 Å². The number of amides is 2. The van der Waals surface area contributed by atoms with Gasteiger partial charge in [0, 0.05) is 26.7 Å². The Morgan fingerprint density at radius 3 is 2.43 bits per heavy atom. The maximum Gasteiger partial charge on any atom is 0.247 e. The van der Waals surface area contributed by atoms with Crippen LogP contribution in [0.4, 0.5) is 0 Å². The van der Waals surface area contributed by atoms with E-state index in [2.05, 4.69) is 5.32 Å². The van der Waals surface area contributed by atoms with Crippen molar-refractivity contribution in [1.29, 1.82) is 0 Å². The van der Waals surface area contributed by atoms with Crippen molar-refractivity contribution in [3.8, 4) is 0 Å². The highest BCUT2D eigenvalue weighted by Gasteiger charge is 2.42. The number of hydrogen-bond acceptors (Lipinski definition) is 5. The number of carbonyl (C=O) groups is 2. The number of imide groups is 1. The standard InChI is InChI=1S/C13H23N3O4S/c1-15(2)21(19,20)8-7-14-11-9-12(17)16(13(11)18)10-5-3-4-6-10/h10-11,14H,3-9H2,1-2H3. The second kappa shape index (κ2) is 6.41. The van der Waals surface area contributed by atoms with Crippen LogP contribution in [-0.2, 0) is 19.6 Å². The van der Waals surface area contributed by atoms with Crippen LogP contribution in [0.5, 0.6) is 0 Å². The molecule has 21 heavy (non-hydrogen) atoms. The molecule has 0 radical (unpaired) electrons. The molecule has 1 saturated carbocycles. The van der Waals surface area contributed by atoms with E-state index in [9.17, 15) is 18.0 Å². The lowest BCUT2D eigenvalue weighted by Gasteiger charge is -2.22. The first-order valence-corrected chi connectivity index (χ1v) is 8.93. The summed E-state index contributed by atoms with van der Waals surface area (Å²) in [6.07, 6.45) is 4.03. The Kier molecular flexibility index (Phi) is 5.00. The number of rotatable bonds is 6. The summed E-state index contributed by atoms with van der Waals surface area (Å²) in [4.78, 5) is 25.7. The van der Waals surface area contributed by atoms with Gasteiger partial charge < -0.3 is 5.32 Å². The summed E-state index contributed by atoms with van der Waals surface area (Å²) in [7, 11) is -0.342. The maximum absolute atomic E-state index is 12.3. The van der Waals surface area contributed by atoms with Gasteiger partial charge in [0.15, 0.2) is 0 Å². The summed E-state index contributed by atoms with van der Waals surface area (Å²) in [5.41, 5.74) is 0. The molecule has 1 aliphatic carbocycles. The van der Waals surface area contributed by atoms with Crippen molar-refractivity contribution in [1.82, 2.24) is 14.5 Å². The molecule has 1 N–H and O–H groups in total. The second-order valence-electron chi connectivity index (χ2n) is 5.85. The maximum atomic E-state index is 12.3. The molecule has 1 aliphatic heterocycles. The third-order valence-corrected chi connectivity index (χ3v) is 6.01. The van der Waals surface area contributed by atoms with Gasteiger partial charge in [0.25, 0.3) is 0 Å². The molecular formula is C13H23N3O4S. The molecule has 1 saturated heterocycles. The second-order valence-corrected chi connectivity index (χ2v) is 8.15. The van der Waals surface area contributed by atoms with E-state index in [4.69, 9.17) is 0 Å². The minimum atomic E-state index is -3.29. The molecule has 120 valence electrons. The van der Waals surface area contributed by atoms with Crippen LogP contribution >= 0.6 is 0 Å². The van der Waals surface area contributed by atoms with Crippen molar-refractivity contribution in [2.75, 3.05) is 26.4 Å². The summed E-state index contributed by atoms with van der Waals surface area (Å²) in [5.74, 6) is -0.421. The SMILES string of the molecule is CN(C)S(=O)(=O)CCNC1CC(=O)N(C2CCCC2)C1=O. The first-order chi connectivity index (χ1) is 9.83. The van der Waals surface area contributed by atoms with E-state index < -0.39 is 16.1 Å². The van der Waals surface area contributed by atoms with Crippen LogP contribution < -0.4 is 5.32 Å². The number of hydrogen-bond donors (Lipinski definition) is 1. The first-order valence-electron chi connectivity index (χ1n) is 7.32. The average Bonchev–Trinajstić information content (AvgIpc) is 2.98. The normalized spacial score (nSPS) is 24.5. The van der Waals surface area contributed by atoms with Gasteiger partial charge in [-0.3, -0.25) is 14.5 Å². The Morgan fingerprint density at radius 1 is 1.24 bits per heavy atom. The summed E-state index contributed by atoms with van der Waals surface area (Å²) in [6, 6.07) is -0.530. The Bertz CT molecular complexity index is 512. The van der Waals surface area contributed by atoms with E-state index in [1.165, 1.54) is 19.0 Å². The average molecular weight is 317 g/mol. The molecule has 2 aliphatic rings. The lowest BCUT2D eigenvalue weighted by Crippen LogP contribution is -2.44. The van der Waals surface area contributed by atoms with Crippen molar-refractivity contribution in [2.24, 2.45) is 0 Å². The third kappa shape index (κ3) is 3.61. The highest BCUT2D eigenvalue weighted by atomic mass is 32.2. The molecule has 2 rings (SSSR count). The fourth-order valence-corrected chi connectivity index (χ4v) is 3.64. The van der Waals surface area contributed by atoms with Crippen molar-refractivity contribution >= 4 is 21.8 Å². The van der Waals surface area contributed by atoms with Crippen LogP contribution in [-0.4, -0.2) is 67.9 Å². The lowest BCUT2D eigenvalue weighted by atomic mass is 10.2. The molecule has 1 heterocycles. The molecule has 0 aromatic heterocycles. The summed E-state index contributed by atoms with van der Waals surface area (Å²) in [5, 5.41) is 2.91. The van der Waals surface area contributed by atoms with Crippen LogP contribution in [0.3, 0.4) is 0 Å². The molecular weight excluding hydrogens is 294 g/mol. The van der Waals surface area contributed by atoms with E-state index in [-0.39, 0.29) is 36.6 Å². The van der Waals surface area contributed by atoms with E-state index in [1.54, 1.807) is 0 Å². The van der Waals surface area contributed by atoms with Crippen LogP contribution in [0.2, 0.25) is 0 Å². The van der Waals surface area contributed by atoms with Crippen LogP contribution in [0.25, 0.3) is 0 Å². The molecule has 1 atom stereocenters. The number of nitrogens with one attached hydrogen (secondary N) is 1. The Balaban J connectivity index is 1.88.